The molecule has 0 saturated heterocycles. The maximum absolute atomic E-state index is 14.0. The molecule has 42 heavy (non-hydrogen) atoms. The van der Waals surface area contributed by atoms with E-state index in [2.05, 4.69) is 5.32 Å². The summed E-state index contributed by atoms with van der Waals surface area (Å²) in [5.74, 6) is -0.581. The quantitative estimate of drug-likeness (QED) is 0.255. The van der Waals surface area contributed by atoms with Crippen LogP contribution in [0.4, 0.5) is 11.4 Å². The number of ether oxygens (including phenoxy) is 1. The summed E-state index contributed by atoms with van der Waals surface area (Å²) in [6.45, 7) is 7.92. The summed E-state index contributed by atoms with van der Waals surface area (Å²) in [5.41, 5.74) is 0.243. The highest BCUT2D eigenvalue weighted by atomic mass is 32.2. The smallest absolute Gasteiger partial charge is 0.273 e. The number of methoxy groups -OCH3 is 1. The first-order valence-corrected chi connectivity index (χ1v) is 14.7. The Hall–Kier alpha value is -4.45. The summed E-state index contributed by atoms with van der Waals surface area (Å²) in [6, 6.07) is 17.7. The van der Waals surface area contributed by atoms with E-state index >= 15 is 0 Å². The highest BCUT2D eigenvalue weighted by Gasteiger charge is 2.34. The minimum Gasteiger partial charge on any atom is -0.497 e. The lowest BCUT2D eigenvalue weighted by Crippen LogP contribution is -2.54. The van der Waals surface area contributed by atoms with Crippen molar-refractivity contribution in [2.45, 2.75) is 57.6 Å². The van der Waals surface area contributed by atoms with Gasteiger partial charge in [0.05, 0.1) is 22.6 Å². The summed E-state index contributed by atoms with van der Waals surface area (Å²) >= 11 is 0. The van der Waals surface area contributed by atoms with Crippen LogP contribution in [0.15, 0.2) is 77.7 Å². The monoisotopic (exact) mass is 596 g/mol. The number of benzene rings is 3. The number of nitrogens with zero attached hydrogens (tertiary/aromatic N) is 3. The number of rotatable bonds is 11. The van der Waals surface area contributed by atoms with Gasteiger partial charge < -0.3 is 15.0 Å². The maximum atomic E-state index is 14.0. The molecule has 1 atom stereocenters. The molecule has 0 radical (unpaired) electrons. The largest absolute Gasteiger partial charge is 0.497 e. The Morgan fingerprint density at radius 3 is 2.19 bits per heavy atom. The van der Waals surface area contributed by atoms with E-state index in [0.717, 1.165) is 15.9 Å². The molecule has 12 heteroatoms. The van der Waals surface area contributed by atoms with E-state index in [1.54, 1.807) is 43.3 Å². The molecule has 3 aromatic rings. The zero-order chi connectivity index (χ0) is 31.2. The van der Waals surface area contributed by atoms with E-state index in [-0.39, 0.29) is 22.8 Å². The first kappa shape index (κ1) is 32.1. The van der Waals surface area contributed by atoms with Gasteiger partial charge in [0.1, 0.15) is 18.3 Å². The van der Waals surface area contributed by atoms with Gasteiger partial charge in [-0.25, -0.2) is 8.42 Å². The van der Waals surface area contributed by atoms with Crippen molar-refractivity contribution in [3.63, 3.8) is 0 Å². The lowest BCUT2D eigenvalue weighted by molar-refractivity contribution is -0.385. The predicted octanol–water partition coefficient (Wildman–Crippen LogP) is 4.44. The number of aryl methyl sites for hydroxylation is 1. The highest BCUT2D eigenvalue weighted by molar-refractivity contribution is 7.92. The molecule has 3 aromatic carbocycles. The van der Waals surface area contributed by atoms with Gasteiger partial charge in [-0.05, 0) is 70.5 Å². The molecule has 0 saturated carbocycles. The van der Waals surface area contributed by atoms with Crippen LogP contribution in [0.1, 0.15) is 38.8 Å². The molecule has 11 nitrogen and oxygen atoms in total. The molecule has 224 valence electrons. The number of hydrogen-bond donors (Lipinski definition) is 1. The van der Waals surface area contributed by atoms with Crippen LogP contribution >= 0.6 is 0 Å². The standard InChI is InChI=1S/C30H36N4O7S/c1-21-12-17-26(18-27(21)34(37)38)42(39,40)33(24-13-15-25(41-6)16-14-24)20-28(35)32(19-23-10-8-7-9-11-23)22(2)29(36)31-30(3,4)5/h7-18,22H,19-20H2,1-6H3,(H,31,36)/t22-/m0/s1. The van der Waals surface area contributed by atoms with Gasteiger partial charge >= 0.3 is 0 Å². The molecule has 0 heterocycles. The third-order valence-corrected chi connectivity index (χ3v) is 8.24. The van der Waals surface area contributed by atoms with Gasteiger partial charge in [-0.3, -0.25) is 24.0 Å². The van der Waals surface area contributed by atoms with E-state index in [0.29, 0.717) is 11.3 Å². The highest BCUT2D eigenvalue weighted by Crippen LogP contribution is 2.29. The second kappa shape index (κ2) is 13.0. The van der Waals surface area contributed by atoms with Crippen LogP contribution in [0.25, 0.3) is 0 Å². The van der Waals surface area contributed by atoms with Crippen molar-refractivity contribution in [1.82, 2.24) is 10.2 Å². The number of anilines is 1. The van der Waals surface area contributed by atoms with Crippen molar-refractivity contribution in [2.75, 3.05) is 18.0 Å². The average molecular weight is 597 g/mol. The minimum absolute atomic E-state index is 0.0465. The summed E-state index contributed by atoms with van der Waals surface area (Å²) in [7, 11) is -3.02. The average Bonchev–Trinajstić information content (AvgIpc) is 2.93. The SMILES string of the molecule is COc1ccc(N(CC(=O)N(Cc2ccccc2)[C@@H](C)C(=O)NC(C)(C)C)S(=O)(=O)c2ccc(C)c([N+](=O)[O-])c2)cc1. The number of sulfonamides is 1. The van der Waals surface area contributed by atoms with E-state index in [9.17, 15) is 28.1 Å². The number of hydrogen-bond acceptors (Lipinski definition) is 7. The maximum Gasteiger partial charge on any atom is 0.273 e. The Bertz CT molecular complexity index is 1540. The Kier molecular flexibility index (Phi) is 9.95. The molecule has 0 aromatic heterocycles. The van der Waals surface area contributed by atoms with Crippen molar-refractivity contribution < 1.29 is 27.7 Å². The van der Waals surface area contributed by atoms with Crippen LogP contribution in [0.5, 0.6) is 5.75 Å². The van der Waals surface area contributed by atoms with Crippen LogP contribution in [0, 0.1) is 17.0 Å². The van der Waals surface area contributed by atoms with Crippen molar-refractivity contribution in [1.29, 1.82) is 0 Å². The van der Waals surface area contributed by atoms with Crippen LogP contribution in [0.3, 0.4) is 0 Å². The number of nitro benzene ring substituents is 1. The summed E-state index contributed by atoms with van der Waals surface area (Å²) < 4.78 is 34.1. The predicted molar refractivity (Wildman–Crippen MR) is 160 cm³/mol. The van der Waals surface area contributed by atoms with E-state index in [4.69, 9.17) is 4.74 Å². The number of carbonyl (C=O) groups excluding carboxylic acids is 2. The molecule has 0 bridgehead atoms. The molecule has 0 aliphatic carbocycles. The molecule has 0 aliphatic rings. The van der Waals surface area contributed by atoms with E-state index < -0.39 is 44.9 Å². The van der Waals surface area contributed by atoms with Crippen molar-refractivity contribution in [2.24, 2.45) is 0 Å². The fraction of sp³-hybridized carbons (Fsp3) is 0.333. The molecule has 0 unspecified atom stereocenters. The Balaban J connectivity index is 2.09. The zero-order valence-electron chi connectivity index (χ0n) is 24.5. The zero-order valence-corrected chi connectivity index (χ0v) is 25.3. The van der Waals surface area contributed by atoms with Crippen LogP contribution < -0.4 is 14.4 Å². The van der Waals surface area contributed by atoms with Crippen LogP contribution in [0.2, 0.25) is 0 Å². The molecule has 0 fully saturated rings. The second-order valence-electron chi connectivity index (χ2n) is 10.8. The Labute approximate surface area is 246 Å². The summed E-state index contributed by atoms with van der Waals surface area (Å²) in [5, 5.41) is 14.4. The van der Waals surface area contributed by atoms with E-state index in [1.807, 2.05) is 26.8 Å². The van der Waals surface area contributed by atoms with E-state index in [1.165, 1.54) is 43.2 Å². The molecule has 3 rings (SSSR count). The van der Waals surface area contributed by atoms with Gasteiger partial charge in [0, 0.05) is 23.7 Å². The Morgan fingerprint density at radius 2 is 1.64 bits per heavy atom. The third kappa shape index (κ3) is 7.84. The van der Waals surface area contributed by atoms with Crippen molar-refractivity contribution in [3.8, 4) is 5.75 Å². The fourth-order valence-corrected chi connectivity index (χ4v) is 5.62. The first-order valence-electron chi connectivity index (χ1n) is 13.2. The number of nitrogens with one attached hydrogen (secondary N) is 1. The van der Waals surface area contributed by atoms with Gasteiger partial charge in [0.15, 0.2) is 0 Å². The lowest BCUT2D eigenvalue weighted by atomic mass is 10.1. The molecule has 1 N–H and O–H groups in total. The molecular formula is C30H36N4O7S. The fourth-order valence-electron chi connectivity index (χ4n) is 4.19. The summed E-state index contributed by atoms with van der Waals surface area (Å²) in [6.07, 6.45) is 0. The lowest BCUT2D eigenvalue weighted by Gasteiger charge is -2.33. The minimum atomic E-state index is -4.48. The van der Waals surface area contributed by atoms with Crippen LogP contribution in [-0.4, -0.2) is 55.3 Å². The van der Waals surface area contributed by atoms with Gasteiger partial charge in [-0.1, -0.05) is 36.4 Å². The molecular weight excluding hydrogens is 560 g/mol. The Morgan fingerprint density at radius 1 is 1.02 bits per heavy atom. The number of carbonyl (C=O) groups is 2. The number of nitro groups is 1. The van der Waals surface area contributed by atoms with Crippen molar-refractivity contribution in [3.05, 3.63) is 94.0 Å². The normalized spacial score (nSPS) is 12.2. The van der Waals surface area contributed by atoms with Crippen LogP contribution in [-0.2, 0) is 26.2 Å². The molecule has 0 aliphatic heterocycles. The first-order chi connectivity index (χ1) is 19.6. The second-order valence-corrected chi connectivity index (χ2v) is 12.7. The van der Waals surface area contributed by atoms with Crippen molar-refractivity contribution >= 4 is 33.2 Å². The van der Waals surface area contributed by atoms with Gasteiger partial charge in [0.2, 0.25) is 11.8 Å². The molecule has 0 spiro atoms. The summed E-state index contributed by atoms with van der Waals surface area (Å²) in [4.78, 5) is 39.0. The molecule has 2 amide bonds. The van der Waals surface area contributed by atoms with Gasteiger partial charge in [-0.15, -0.1) is 0 Å². The third-order valence-electron chi connectivity index (χ3n) is 6.47. The number of amides is 2. The van der Waals surface area contributed by atoms with Gasteiger partial charge in [-0.2, -0.15) is 0 Å². The van der Waals surface area contributed by atoms with Gasteiger partial charge in [0.25, 0.3) is 15.7 Å². The topological polar surface area (TPSA) is 139 Å².